The van der Waals surface area contributed by atoms with Crippen LogP contribution >= 0.6 is 0 Å². The van der Waals surface area contributed by atoms with E-state index in [-0.39, 0.29) is 35.6 Å². The lowest BCUT2D eigenvalue weighted by Gasteiger charge is -2.52. The molecule has 5 rings (SSSR count). The highest BCUT2D eigenvalue weighted by atomic mass is 16.6. The summed E-state index contributed by atoms with van der Waals surface area (Å²) >= 11 is 0. The number of aliphatic hydroxyl groups is 1. The number of ether oxygens (including phenoxy) is 3. The van der Waals surface area contributed by atoms with Crippen LogP contribution in [0, 0.1) is 11.3 Å². The molecule has 1 aliphatic carbocycles. The Hall–Kier alpha value is -1.63. The number of aliphatic hydroxyl groups excluding tert-OH is 1. The van der Waals surface area contributed by atoms with Crippen molar-refractivity contribution >= 4 is 5.97 Å². The summed E-state index contributed by atoms with van der Waals surface area (Å²) in [4.78, 5) is 12.3. The quantitative estimate of drug-likeness (QED) is 0.817. The molecule has 0 amide bonds. The van der Waals surface area contributed by atoms with E-state index in [1.54, 1.807) is 12.5 Å². The van der Waals surface area contributed by atoms with Crippen LogP contribution in [0.1, 0.15) is 51.2 Å². The van der Waals surface area contributed by atoms with Gasteiger partial charge in [-0.2, -0.15) is 0 Å². The molecule has 1 aromatic rings. The van der Waals surface area contributed by atoms with Gasteiger partial charge >= 0.3 is 5.97 Å². The van der Waals surface area contributed by atoms with E-state index in [9.17, 15) is 9.90 Å². The third kappa shape index (κ3) is 2.12. The number of hydrogen-bond donors (Lipinski definition) is 1. The summed E-state index contributed by atoms with van der Waals surface area (Å²) in [7, 11) is 0. The van der Waals surface area contributed by atoms with E-state index in [1.807, 2.05) is 19.1 Å². The fraction of sp³-hybridized carbons (Fsp3) is 0.650. The molecule has 1 aromatic heterocycles. The lowest BCUT2D eigenvalue weighted by Crippen LogP contribution is -2.59. The molecule has 1 N–H and O–H groups in total. The van der Waals surface area contributed by atoms with E-state index in [0.717, 1.165) is 24.0 Å². The van der Waals surface area contributed by atoms with E-state index in [2.05, 4.69) is 6.92 Å². The predicted molar refractivity (Wildman–Crippen MR) is 89.8 cm³/mol. The van der Waals surface area contributed by atoms with Crippen LogP contribution in [0.3, 0.4) is 0 Å². The molecule has 140 valence electrons. The number of allylic oxidation sites excluding steroid dienone is 1. The zero-order chi connectivity index (χ0) is 18.1. The summed E-state index contributed by atoms with van der Waals surface area (Å²) in [6.45, 7) is 4.10. The number of rotatable bonds is 2. The third-order valence-corrected chi connectivity index (χ3v) is 6.98. The molecule has 0 bridgehead atoms. The Morgan fingerprint density at radius 3 is 2.88 bits per heavy atom. The largest absolute Gasteiger partial charge is 0.472 e. The second-order valence-electron chi connectivity index (χ2n) is 8.41. The van der Waals surface area contributed by atoms with Crippen LogP contribution in [-0.2, 0) is 19.0 Å². The molecule has 7 atom stereocenters. The zero-order valence-electron chi connectivity index (χ0n) is 15.0. The molecule has 3 aliphatic heterocycles. The predicted octanol–water partition coefficient (Wildman–Crippen LogP) is 2.88. The fourth-order valence-corrected chi connectivity index (χ4v) is 5.38. The molecule has 0 spiro atoms. The van der Waals surface area contributed by atoms with Crippen molar-refractivity contribution in [2.75, 3.05) is 0 Å². The van der Waals surface area contributed by atoms with E-state index in [1.165, 1.54) is 0 Å². The zero-order valence-corrected chi connectivity index (χ0v) is 15.0. The van der Waals surface area contributed by atoms with Crippen LogP contribution in [0.5, 0.6) is 0 Å². The summed E-state index contributed by atoms with van der Waals surface area (Å²) in [6.07, 6.45) is 6.71. The van der Waals surface area contributed by atoms with Crippen molar-refractivity contribution < 1.29 is 28.5 Å². The number of esters is 1. The van der Waals surface area contributed by atoms with E-state index >= 15 is 0 Å². The smallest absolute Gasteiger partial charge is 0.334 e. The van der Waals surface area contributed by atoms with Gasteiger partial charge < -0.3 is 23.7 Å². The molecule has 6 heteroatoms. The number of furan rings is 1. The lowest BCUT2D eigenvalue weighted by atomic mass is 9.63. The first-order valence-corrected chi connectivity index (χ1v) is 9.37. The van der Waals surface area contributed by atoms with Gasteiger partial charge in [0.15, 0.2) is 6.29 Å². The average Bonchev–Trinajstić information content (AvgIpc) is 3.29. The molecule has 0 aromatic carbocycles. The number of carbonyl (C=O) groups is 1. The maximum absolute atomic E-state index is 12.3. The summed E-state index contributed by atoms with van der Waals surface area (Å²) in [5.41, 5.74) is 0.689. The van der Waals surface area contributed by atoms with Gasteiger partial charge in [-0.1, -0.05) is 6.08 Å². The molecule has 3 fully saturated rings. The minimum Gasteiger partial charge on any atom is -0.472 e. The lowest BCUT2D eigenvalue weighted by molar-refractivity contribution is -0.243. The van der Waals surface area contributed by atoms with E-state index < -0.39 is 11.9 Å². The molecule has 0 saturated carbocycles. The Morgan fingerprint density at radius 2 is 2.12 bits per heavy atom. The Balaban J connectivity index is 1.44. The fourth-order valence-electron chi connectivity index (χ4n) is 5.38. The van der Waals surface area contributed by atoms with Gasteiger partial charge in [-0.25, -0.2) is 4.79 Å². The van der Waals surface area contributed by atoms with Gasteiger partial charge in [0.05, 0.1) is 35.8 Å². The molecule has 3 saturated heterocycles. The van der Waals surface area contributed by atoms with Crippen LogP contribution < -0.4 is 0 Å². The molecule has 6 nitrogen and oxygen atoms in total. The van der Waals surface area contributed by atoms with Crippen molar-refractivity contribution in [3.8, 4) is 0 Å². The Kier molecular flexibility index (Phi) is 3.46. The van der Waals surface area contributed by atoms with Crippen molar-refractivity contribution in [3.63, 3.8) is 0 Å². The molecule has 7 unspecified atom stereocenters. The van der Waals surface area contributed by atoms with E-state index in [4.69, 9.17) is 18.6 Å². The summed E-state index contributed by atoms with van der Waals surface area (Å²) in [5, 5.41) is 10.6. The van der Waals surface area contributed by atoms with E-state index in [0.29, 0.717) is 12.8 Å². The molecule has 4 aliphatic rings. The minimum atomic E-state index is -0.917. The number of carbonyl (C=O) groups excluding carboxylic acids is 1. The maximum atomic E-state index is 12.3. The normalized spacial score (nSPS) is 47.4. The minimum absolute atomic E-state index is 0.0853. The summed E-state index contributed by atoms with van der Waals surface area (Å²) in [6, 6.07) is 1.86. The van der Waals surface area contributed by atoms with Crippen molar-refractivity contribution in [2.45, 2.75) is 69.7 Å². The van der Waals surface area contributed by atoms with Crippen molar-refractivity contribution in [1.82, 2.24) is 0 Å². The van der Waals surface area contributed by atoms with Crippen molar-refractivity contribution in [2.24, 2.45) is 11.3 Å². The average molecular weight is 360 g/mol. The maximum Gasteiger partial charge on any atom is 0.334 e. The van der Waals surface area contributed by atoms with Gasteiger partial charge in [-0.3, -0.25) is 0 Å². The van der Waals surface area contributed by atoms with Crippen LogP contribution in [0.4, 0.5) is 0 Å². The molecular weight excluding hydrogens is 336 g/mol. The summed E-state index contributed by atoms with van der Waals surface area (Å²) < 4.78 is 23.3. The highest BCUT2D eigenvalue weighted by Crippen LogP contribution is 2.58. The van der Waals surface area contributed by atoms with Crippen LogP contribution in [0.15, 0.2) is 34.7 Å². The van der Waals surface area contributed by atoms with Gasteiger partial charge in [0.2, 0.25) is 0 Å². The first kappa shape index (κ1) is 16.5. The van der Waals surface area contributed by atoms with Gasteiger partial charge in [0.25, 0.3) is 0 Å². The first-order valence-electron chi connectivity index (χ1n) is 9.37. The second-order valence-corrected chi connectivity index (χ2v) is 8.41. The van der Waals surface area contributed by atoms with Gasteiger partial charge in [0.1, 0.15) is 6.10 Å². The SMILES string of the molecule is CC1(C2CC(c3ccoc3)OC2O)CC2OC(=O)C3=CCCC(O1)C32C. The molecular formula is C20H24O6. The second kappa shape index (κ2) is 5.44. The molecule has 0 radical (unpaired) electrons. The monoisotopic (exact) mass is 360 g/mol. The molecule has 4 heterocycles. The standard InChI is InChI=1S/C20H24O6/c1-19(13-8-14(24-18(13)22)11-6-7-23-10-11)9-16-20(2)12(17(21)25-16)4-3-5-15(20)26-19/h4,6-7,10,13-16,18,22H,3,5,8-9H2,1-2H3. The highest BCUT2D eigenvalue weighted by Gasteiger charge is 2.64. The van der Waals surface area contributed by atoms with Crippen LogP contribution in [-0.4, -0.2) is 35.2 Å². The topological polar surface area (TPSA) is 78.1 Å². The van der Waals surface area contributed by atoms with Crippen molar-refractivity contribution in [3.05, 3.63) is 35.8 Å². The van der Waals surface area contributed by atoms with Crippen LogP contribution in [0.2, 0.25) is 0 Å². The Morgan fingerprint density at radius 1 is 1.27 bits per heavy atom. The summed E-state index contributed by atoms with van der Waals surface area (Å²) in [5.74, 6) is -0.407. The van der Waals surface area contributed by atoms with Gasteiger partial charge in [-0.15, -0.1) is 0 Å². The molecule has 26 heavy (non-hydrogen) atoms. The van der Waals surface area contributed by atoms with Gasteiger partial charge in [-0.05, 0) is 39.2 Å². The third-order valence-electron chi connectivity index (χ3n) is 6.98. The Bertz CT molecular complexity index is 754. The highest BCUT2D eigenvalue weighted by molar-refractivity contribution is 5.93. The Labute approximate surface area is 152 Å². The van der Waals surface area contributed by atoms with Crippen molar-refractivity contribution in [1.29, 1.82) is 0 Å². The van der Waals surface area contributed by atoms with Gasteiger partial charge in [0, 0.05) is 23.5 Å². The van der Waals surface area contributed by atoms with Crippen LogP contribution in [0.25, 0.3) is 0 Å². The first-order chi connectivity index (χ1) is 12.4. The number of hydrogen-bond acceptors (Lipinski definition) is 6.